The fourth-order valence-electron chi connectivity index (χ4n) is 1.41. The molecule has 0 fully saturated rings. The molecule has 2 N–H and O–H groups in total. The fraction of sp³-hybridized carbons (Fsp3) is 0.0769. The molecular weight excluding hydrogens is 230 g/mol. The number of hydrogen-bond donors (Lipinski definition) is 2. The van der Waals surface area contributed by atoms with Gasteiger partial charge in [-0.1, -0.05) is 6.07 Å². The molecule has 18 heavy (non-hydrogen) atoms. The molecule has 0 aliphatic heterocycles. The van der Waals surface area contributed by atoms with Crippen LogP contribution in [0.25, 0.3) is 0 Å². The number of nitrogens with one attached hydrogen (secondary N) is 2. The van der Waals surface area contributed by atoms with Crippen LogP contribution in [-0.2, 0) is 0 Å². The number of aromatic amines is 1. The topological polar surface area (TPSA) is 66.5 Å². The van der Waals surface area contributed by atoms with Crippen LogP contribution in [0.2, 0.25) is 0 Å². The van der Waals surface area contributed by atoms with E-state index in [0.717, 1.165) is 5.69 Å². The molecule has 0 saturated heterocycles. The average Bonchev–Trinajstić information content (AvgIpc) is 2.92. The summed E-state index contributed by atoms with van der Waals surface area (Å²) in [5.41, 5.74) is 3.76. The summed E-state index contributed by atoms with van der Waals surface area (Å²) in [6, 6.07) is 10.6. The third-order valence-corrected chi connectivity index (χ3v) is 2.32. The van der Waals surface area contributed by atoms with Crippen molar-refractivity contribution in [2.24, 2.45) is 5.10 Å². The number of nitrogens with zero attached hydrogens (tertiary/aromatic N) is 1. The number of H-pyrrole nitrogens is 1. The Morgan fingerprint density at radius 1 is 1.39 bits per heavy atom. The molecule has 1 aromatic heterocycles. The van der Waals surface area contributed by atoms with Crippen molar-refractivity contribution in [1.82, 2.24) is 10.4 Å². The highest BCUT2D eigenvalue weighted by Gasteiger charge is 2.04. The van der Waals surface area contributed by atoms with Gasteiger partial charge in [0.2, 0.25) is 0 Å². The Morgan fingerprint density at radius 3 is 3.00 bits per heavy atom. The van der Waals surface area contributed by atoms with Gasteiger partial charge in [-0.05, 0) is 30.3 Å². The molecule has 0 aliphatic carbocycles. The lowest BCUT2D eigenvalue weighted by molar-refractivity contribution is 0.0955. The molecule has 1 aromatic carbocycles. The minimum Gasteiger partial charge on any atom is -0.497 e. The van der Waals surface area contributed by atoms with E-state index in [0.29, 0.717) is 11.3 Å². The van der Waals surface area contributed by atoms with Gasteiger partial charge in [0.15, 0.2) is 0 Å². The number of rotatable bonds is 4. The van der Waals surface area contributed by atoms with E-state index in [1.54, 1.807) is 37.6 Å². The first kappa shape index (κ1) is 11.9. The van der Waals surface area contributed by atoms with E-state index in [1.807, 2.05) is 12.1 Å². The van der Waals surface area contributed by atoms with Crippen LogP contribution in [0.5, 0.6) is 5.75 Å². The molecule has 0 spiro atoms. The molecule has 0 aliphatic rings. The predicted molar refractivity (Wildman–Crippen MR) is 68.8 cm³/mol. The molecule has 0 radical (unpaired) electrons. The third-order valence-electron chi connectivity index (χ3n) is 2.32. The van der Waals surface area contributed by atoms with Gasteiger partial charge in [0.1, 0.15) is 5.75 Å². The Balaban J connectivity index is 1.99. The van der Waals surface area contributed by atoms with Crippen molar-refractivity contribution in [3.05, 3.63) is 53.9 Å². The maximum absolute atomic E-state index is 11.8. The van der Waals surface area contributed by atoms with Gasteiger partial charge in [0.05, 0.1) is 19.0 Å². The van der Waals surface area contributed by atoms with E-state index in [9.17, 15) is 4.79 Å². The van der Waals surface area contributed by atoms with Crippen molar-refractivity contribution >= 4 is 12.1 Å². The second kappa shape index (κ2) is 5.67. The zero-order valence-electron chi connectivity index (χ0n) is 9.88. The number of ether oxygens (including phenoxy) is 1. The van der Waals surface area contributed by atoms with Gasteiger partial charge in [-0.15, -0.1) is 0 Å². The zero-order chi connectivity index (χ0) is 12.8. The van der Waals surface area contributed by atoms with Crippen LogP contribution in [0, 0.1) is 0 Å². The minimum absolute atomic E-state index is 0.281. The molecule has 0 unspecified atom stereocenters. The van der Waals surface area contributed by atoms with E-state index in [4.69, 9.17) is 4.74 Å². The highest BCUT2D eigenvalue weighted by atomic mass is 16.5. The Kier molecular flexibility index (Phi) is 3.76. The monoisotopic (exact) mass is 243 g/mol. The first-order chi connectivity index (χ1) is 8.79. The molecule has 0 atom stereocenters. The van der Waals surface area contributed by atoms with E-state index in [2.05, 4.69) is 15.5 Å². The standard InChI is InChI=1S/C13H13N3O2/c1-18-12-6-2-4-10(8-12)13(17)16-15-9-11-5-3-7-14-11/h2-9,14H,1H3,(H,16,17)/b15-9+. The summed E-state index contributed by atoms with van der Waals surface area (Å²) >= 11 is 0. The van der Waals surface area contributed by atoms with Crippen LogP contribution in [0.15, 0.2) is 47.7 Å². The molecule has 2 rings (SSSR count). The Morgan fingerprint density at radius 2 is 2.28 bits per heavy atom. The van der Waals surface area contributed by atoms with Crippen LogP contribution in [-0.4, -0.2) is 24.2 Å². The number of methoxy groups -OCH3 is 1. The van der Waals surface area contributed by atoms with Crippen molar-refractivity contribution in [2.75, 3.05) is 7.11 Å². The molecule has 0 saturated carbocycles. The lowest BCUT2D eigenvalue weighted by Crippen LogP contribution is -2.17. The van der Waals surface area contributed by atoms with Crippen LogP contribution >= 0.6 is 0 Å². The van der Waals surface area contributed by atoms with Crippen molar-refractivity contribution in [1.29, 1.82) is 0 Å². The van der Waals surface area contributed by atoms with Gasteiger partial charge in [0, 0.05) is 11.8 Å². The lowest BCUT2D eigenvalue weighted by Gasteiger charge is -2.02. The van der Waals surface area contributed by atoms with Gasteiger partial charge in [-0.2, -0.15) is 5.10 Å². The normalized spacial score (nSPS) is 10.5. The number of hydrazone groups is 1. The van der Waals surface area contributed by atoms with E-state index in [1.165, 1.54) is 6.21 Å². The number of carbonyl (C=O) groups excluding carboxylic acids is 1. The molecule has 1 amide bonds. The van der Waals surface area contributed by atoms with Crippen LogP contribution < -0.4 is 10.2 Å². The van der Waals surface area contributed by atoms with Crippen LogP contribution in [0.1, 0.15) is 16.1 Å². The largest absolute Gasteiger partial charge is 0.497 e. The molecule has 5 heteroatoms. The fourth-order valence-corrected chi connectivity index (χ4v) is 1.41. The third kappa shape index (κ3) is 2.98. The lowest BCUT2D eigenvalue weighted by atomic mass is 10.2. The first-order valence-corrected chi connectivity index (χ1v) is 5.40. The molecule has 2 aromatic rings. The number of amides is 1. The summed E-state index contributed by atoms with van der Waals surface area (Å²) in [5, 5.41) is 3.85. The maximum atomic E-state index is 11.8. The highest BCUT2D eigenvalue weighted by Crippen LogP contribution is 2.12. The Labute approximate surface area is 104 Å². The van der Waals surface area contributed by atoms with Gasteiger partial charge >= 0.3 is 0 Å². The number of aromatic nitrogens is 1. The Hall–Kier alpha value is -2.56. The predicted octanol–water partition coefficient (Wildman–Crippen LogP) is 1.79. The van der Waals surface area contributed by atoms with Crippen molar-refractivity contribution in [3.8, 4) is 5.75 Å². The summed E-state index contributed by atoms with van der Waals surface area (Å²) in [6.07, 6.45) is 3.32. The second-order valence-corrected chi connectivity index (χ2v) is 3.56. The highest BCUT2D eigenvalue weighted by molar-refractivity contribution is 5.95. The van der Waals surface area contributed by atoms with Gasteiger partial charge in [-0.25, -0.2) is 5.43 Å². The van der Waals surface area contributed by atoms with Gasteiger partial charge < -0.3 is 9.72 Å². The van der Waals surface area contributed by atoms with Crippen molar-refractivity contribution in [2.45, 2.75) is 0 Å². The number of hydrogen-bond acceptors (Lipinski definition) is 3. The van der Waals surface area contributed by atoms with Crippen molar-refractivity contribution < 1.29 is 9.53 Å². The molecular formula is C13H13N3O2. The van der Waals surface area contributed by atoms with Crippen molar-refractivity contribution in [3.63, 3.8) is 0 Å². The summed E-state index contributed by atoms with van der Waals surface area (Å²) in [6.45, 7) is 0. The number of carbonyl (C=O) groups is 1. The van der Waals surface area contributed by atoms with E-state index < -0.39 is 0 Å². The summed E-state index contributed by atoms with van der Waals surface area (Å²) < 4.78 is 5.04. The van der Waals surface area contributed by atoms with E-state index in [-0.39, 0.29) is 5.91 Å². The SMILES string of the molecule is COc1cccc(C(=O)N/N=C/c2ccc[nH]2)c1. The van der Waals surface area contributed by atoms with Gasteiger partial charge in [0.25, 0.3) is 5.91 Å². The summed E-state index contributed by atoms with van der Waals surface area (Å²) in [7, 11) is 1.56. The summed E-state index contributed by atoms with van der Waals surface area (Å²) in [4.78, 5) is 14.7. The maximum Gasteiger partial charge on any atom is 0.271 e. The summed E-state index contributed by atoms with van der Waals surface area (Å²) in [5.74, 6) is 0.354. The smallest absolute Gasteiger partial charge is 0.271 e. The Bertz CT molecular complexity index is 547. The quantitative estimate of drug-likeness (QED) is 0.635. The van der Waals surface area contributed by atoms with Crippen LogP contribution in [0.4, 0.5) is 0 Å². The number of benzene rings is 1. The minimum atomic E-state index is -0.281. The van der Waals surface area contributed by atoms with E-state index >= 15 is 0 Å². The second-order valence-electron chi connectivity index (χ2n) is 3.56. The molecule has 1 heterocycles. The van der Waals surface area contributed by atoms with Gasteiger partial charge in [-0.3, -0.25) is 4.79 Å². The molecule has 5 nitrogen and oxygen atoms in total. The molecule has 92 valence electrons. The van der Waals surface area contributed by atoms with Crippen LogP contribution in [0.3, 0.4) is 0 Å². The molecule has 0 bridgehead atoms. The average molecular weight is 243 g/mol. The zero-order valence-corrected chi connectivity index (χ0v) is 9.88. The first-order valence-electron chi connectivity index (χ1n) is 5.40.